The normalized spacial score (nSPS) is 14.6. The molecule has 2 aromatic rings. The molecular weight excluding hydrogens is 355 g/mol. The van der Waals surface area contributed by atoms with Crippen molar-refractivity contribution >= 4 is 34.8 Å². The highest BCUT2D eigenvalue weighted by Crippen LogP contribution is 2.23. The zero-order valence-electron chi connectivity index (χ0n) is 14.1. The third kappa shape index (κ3) is 5.46. The van der Waals surface area contributed by atoms with Crippen LogP contribution in [0.4, 0.5) is 5.69 Å². The van der Waals surface area contributed by atoms with Crippen LogP contribution in [0.1, 0.15) is 24.0 Å². The number of rotatable bonds is 6. The molecule has 0 atom stereocenters. The summed E-state index contributed by atoms with van der Waals surface area (Å²) in [4.78, 5) is 14.7. The second kappa shape index (κ2) is 8.70. The molecule has 5 heteroatoms. The fourth-order valence-electron chi connectivity index (χ4n) is 3.09. The fraction of sp³-hybridized carbons (Fsp3) is 0.350. The predicted octanol–water partition coefficient (Wildman–Crippen LogP) is 4.81. The Morgan fingerprint density at radius 1 is 0.960 bits per heavy atom. The lowest BCUT2D eigenvalue weighted by molar-refractivity contribution is -0.115. The first-order valence-electron chi connectivity index (χ1n) is 8.65. The van der Waals surface area contributed by atoms with Crippen LogP contribution in [0.3, 0.4) is 0 Å². The molecule has 2 aromatic carbocycles. The van der Waals surface area contributed by atoms with Gasteiger partial charge >= 0.3 is 0 Å². The first-order chi connectivity index (χ1) is 12.1. The number of halogens is 2. The van der Waals surface area contributed by atoms with Crippen molar-refractivity contribution in [1.82, 2.24) is 4.90 Å². The van der Waals surface area contributed by atoms with Crippen molar-refractivity contribution < 1.29 is 4.79 Å². The van der Waals surface area contributed by atoms with Crippen LogP contribution in [0.25, 0.3) is 0 Å². The number of nitrogens with one attached hydrogen (secondary N) is 1. The quantitative estimate of drug-likeness (QED) is 0.783. The zero-order valence-corrected chi connectivity index (χ0v) is 15.6. The summed E-state index contributed by atoms with van der Waals surface area (Å²) in [5, 5.41) is 3.89. The van der Waals surface area contributed by atoms with E-state index in [1.165, 1.54) is 31.5 Å². The van der Waals surface area contributed by atoms with Gasteiger partial charge in [0.15, 0.2) is 0 Å². The zero-order chi connectivity index (χ0) is 17.6. The maximum atomic E-state index is 12.2. The highest BCUT2D eigenvalue weighted by molar-refractivity contribution is 6.42. The third-order valence-electron chi connectivity index (χ3n) is 4.50. The van der Waals surface area contributed by atoms with Gasteiger partial charge in [0.1, 0.15) is 0 Å². The van der Waals surface area contributed by atoms with Crippen LogP contribution in [-0.4, -0.2) is 30.4 Å². The minimum Gasteiger partial charge on any atom is -0.326 e. The number of carbonyl (C=O) groups is 1. The number of anilines is 1. The van der Waals surface area contributed by atoms with Gasteiger partial charge in [-0.1, -0.05) is 41.4 Å². The Balaban J connectivity index is 1.49. The average Bonchev–Trinajstić information content (AvgIpc) is 3.11. The van der Waals surface area contributed by atoms with Crippen LogP contribution >= 0.6 is 23.2 Å². The largest absolute Gasteiger partial charge is 0.326 e. The van der Waals surface area contributed by atoms with E-state index in [4.69, 9.17) is 23.2 Å². The molecule has 1 aliphatic heterocycles. The smallest absolute Gasteiger partial charge is 0.228 e. The molecule has 1 aliphatic rings. The van der Waals surface area contributed by atoms with E-state index >= 15 is 0 Å². The van der Waals surface area contributed by atoms with E-state index in [0.717, 1.165) is 24.2 Å². The molecule has 3 rings (SSSR count). The molecule has 0 bridgehead atoms. The standard InChI is InChI=1S/C20H22Cl2N2O/c21-18-8-5-16(13-19(18)22)14-20(25)23-17-6-3-15(4-7-17)9-12-24-10-1-2-11-24/h3-8,13H,1-2,9-12,14H2,(H,23,25). The molecule has 0 radical (unpaired) electrons. The molecular formula is C20H22Cl2N2O. The van der Waals surface area contributed by atoms with Gasteiger partial charge in [0.2, 0.25) is 5.91 Å². The Hall–Kier alpha value is -1.55. The molecule has 0 aliphatic carbocycles. The van der Waals surface area contributed by atoms with Crippen molar-refractivity contribution in [3.05, 3.63) is 63.6 Å². The highest BCUT2D eigenvalue weighted by atomic mass is 35.5. The van der Waals surface area contributed by atoms with Crippen LogP contribution in [0.15, 0.2) is 42.5 Å². The third-order valence-corrected chi connectivity index (χ3v) is 5.24. The van der Waals surface area contributed by atoms with Crippen molar-refractivity contribution in [3.63, 3.8) is 0 Å². The average molecular weight is 377 g/mol. The topological polar surface area (TPSA) is 32.3 Å². The van der Waals surface area contributed by atoms with E-state index in [-0.39, 0.29) is 12.3 Å². The lowest BCUT2D eigenvalue weighted by atomic mass is 10.1. The molecule has 1 heterocycles. The van der Waals surface area contributed by atoms with Crippen molar-refractivity contribution in [1.29, 1.82) is 0 Å². The summed E-state index contributed by atoms with van der Waals surface area (Å²) >= 11 is 11.9. The first-order valence-corrected chi connectivity index (χ1v) is 9.41. The lowest BCUT2D eigenvalue weighted by Gasteiger charge is -2.14. The Labute approximate surface area is 158 Å². The SMILES string of the molecule is O=C(Cc1ccc(Cl)c(Cl)c1)Nc1ccc(CCN2CCCC2)cc1. The number of likely N-dealkylation sites (tertiary alicyclic amines) is 1. The predicted molar refractivity (Wildman–Crippen MR) is 105 cm³/mol. The number of benzene rings is 2. The molecule has 0 aromatic heterocycles. The minimum absolute atomic E-state index is 0.0665. The summed E-state index contributed by atoms with van der Waals surface area (Å²) in [5.41, 5.74) is 2.96. The number of nitrogens with zero attached hydrogens (tertiary/aromatic N) is 1. The van der Waals surface area contributed by atoms with Crippen LogP contribution in [0, 0.1) is 0 Å². The number of carbonyl (C=O) groups excluding carboxylic acids is 1. The minimum atomic E-state index is -0.0665. The van der Waals surface area contributed by atoms with Crippen LogP contribution in [-0.2, 0) is 17.6 Å². The summed E-state index contributed by atoms with van der Waals surface area (Å²) in [6, 6.07) is 13.4. The monoisotopic (exact) mass is 376 g/mol. The molecule has 1 N–H and O–H groups in total. The Bertz CT molecular complexity index is 725. The van der Waals surface area contributed by atoms with E-state index in [1.807, 2.05) is 18.2 Å². The van der Waals surface area contributed by atoms with Crippen molar-refractivity contribution in [2.24, 2.45) is 0 Å². The van der Waals surface area contributed by atoms with Crippen molar-refractivity contribution in [3.8, 4) is 0 Å². The van der Waals surface area contributed by atoms with Crippen molar-refractivity contribution in [2.45, 2.75) is 25.7 Å². The van der Waals surface area contributed by atoms with Gasteiger partial charge in [0.25, 0.3) is 0 Å². The van der Waals surface area contributed by atoms with Gasteiger partial charge in [0.05, 0.1) is 16.5 Å². The van der Waals surface area contributed by atoms with E-state index in [9.17, 15) is 4.79 Å². The second-order valence-corrected chi connectivity index (χ2v) is 7.28. The maximum Gasteiger partial charge on any atom is 0.228 e. The highest BCUT2D eigenvalue weighted by Gasteiger charge is 2.11. The summed E-state index contributed by atoms with van der Waals surface area (Å²) in [5.74, 6) is -0.0665. The Morgan fingerprint density at radius 2 is 1.64 bits per heavy atom. The molecule has 0 spiro atoms. The first kappa shape index (κ1) is 18.2. The fourth-order valence-corrected chi connectivity index (χ4v) is 3.41. The maximum absolute atomic E-state index is 12.2. The van der Waals surface area contributed by atoms with Crippen LogP contribution in [0.2, 0.25) is 10.0 Å². The van der Waals surface area contributed by atoms with Gasteiger partial charge in [-0.3, -0.25) is 4.79 Å². The Morgan fingerprint density at radius 3 is 2.32 bits per heavy atom. The summed E-state index contributed by atoms with van der Waals surface area (Å²) < 4.78 is 0. The summed E-state index contributed by atoms with van der Waals surface area (Å²) in [6.07, 6.45) is 3.97. The number of hydrogen-bond acceptors (Lipinski definition) is 2. The van der Waals surface area contributed by atoms with Gasteiger partial charge in [-0.05, 0) is 67.7 Å². The van der Waals surface area contributed by atoms with Crippen molar-refractivity contribution in [2.75, 3.05) is 25.0 Å². The van der Waals surface area contributed by atoms with Gasteiger partial charge < -0.3 is 10.2 Å². The summed E-state index contributed by atoms with van der Waals surface area (Å²) in [7, 11) is 0. The van der Waals surface area contributed by atoms with E-state index in [0.29, 0.717) is 10.0 Å². The molecule has 1 fully saturated rings. The lowest BCUT2D eigenvalue weighted by Crippen LogP contribution is -2.21. The molecule has 0 unspecified atom stereocenters. The van der Waals surface area contributed by atoms with Gasteiger partial charge in [-0.25, -0.2) is 0 Å². The molecule has 1 saturated heterocycles. The van der Waals surface area contributed by atoms with E-state index in [2.05, 4.69) is 22.3 Å². The molecule has 3 nitrogen and oxygen atoms in total. The number of hydrogen-bond donors (Lipinski definition) is 1. The Kier molecular flexibility index (Phi) is 6.35. The van der Waals surface area contributed by atoms with Crippen LogP contribution in [0.5, 0.6) is 0 Å². The van der Waals surface area contributed by atoms with E-state index < -0.39 is 0 Å². The summed E-state index contributed by atoms with van der Waals surface area (Å²) in [6.45, 7) is 3.56. The van der Waals surface area contributed by atoms with Crippen LogP contribution < -0.4 is 5.32 Å². The molecule has 132 valence electrons. The van der Waals surface area contributed by atoms with Gasteiger partial charge in [-0.2, -0.15) is 0 Å². The second-order valence-electron chi connectivity index (χ2n) is 6.47. The number of amides is 1. The van der Waals surface area contributed by atoms with Gasteiger partial charge in [-0.15, -0.1) is 0 Å². The van der Waals surface area contributed by atoms with E-state index in [1.54, 1.807) is 12.1 Å². The molecule has 25 heavy (non-hydrogen) atoms. The molecule has 1 amide bonds. The van der Waals surface area contributed by atoms with Gasteiger partial charge in [0, 0.05) is 12.2 Å². The molecule has 0 saturated carbocycles.